The summed E-state index contributed by atoms with van der Waals surface area (Å²) in [5, 5.41) is 86.9. The van der Waals surface area contributed by atoms with Crippen molar-refractivity contribution in [1.29, 1.82) is 0 Å². The second-order valence-corrected chi connectivity index (χ2v) is 22.2. The second-order valence-electron chi connectivity index (χ2n) is 22.2. The standard InChI is InChI=1S/C59H115NO13/c1-3-5-7-9-11-12-13-14-15-16-17-18-19-20-21-22-23-24-25-26-27-28-29-30-31-32-33-34-35-37-38-40-42-48(63)47(60-51(64)43-41-39-36-10-8-6-4-2)46-70-58-56(69)54(67)57(50(45-62)72-58)73-59-55(68)53(66)52(65)49(44-61)71-59/h47-50,52-59,61-63,65-69H,3-46H2,1-2H3,(H,60,64). The first-order valence-electron chi connectivity index (χ1n) is 30.8. The fourth-order valence-electron chi connectivity index (χ4n) is 10.6. The number of carbonyl (C=O) groups is 1. The fraction of sp³-hybridized carbons (Fsp3) is 0.983. The van der Waals surface area contributed by atoms with Gasteiger partial charge in [-0.05, 0) is 12.8 Å². The van der Waals surface area contributed by atoms with Crippen molar-refractivity contribution in [2.24, 2.45) is 0 Å². The molecule has 2 saturated heterocycles. The SMILES string of the molecule is CCCCCCCCCCCCCCCCCCCCCCCCCCCCCCCCCCC(O)C(COC1OC(CO)C(OC2OC(CO)C(O)C(O)C2O)C(O)C1O)NC(=O)CCCCCCCCC. The number of aliphatic hydroxyl groups excluding tert-OH is 8. The Hall–Kier alpha value is -1.01. The maximum Gasteiger partial charge on any atom is 0.220 e. The lowest BCUT2D eigenvalue weighted by Crippen LogP contribution is -2.65. The third-order valence-electron chi connectivity index (χ3n) is 15.6. The van der Waals surface area contributed by atoms with Gasteiger partial charge in [-0.2, -0.15) is 0 Å². The van der Waals surface area contributed by atoms with E-state index in [-0.39, 0.29) is 12.5 Å². The first-order chi connectivity index (χ1) is 35.6. The van der Waals surface area contributed by atoms with E-state index in [0.717, 1.165) is 51.4 Å². The van der Waals surface area contributed by atoms with Gasteiger partial charge in [0.25, 0.3) is 0 Å². The Balaban J connectivity index is 1.57. The van der Waals surface area contributed by atoms with Crippen LogP contribution in [0.4, 0.5) is 0 Å². The minimum atomic E-state index is -1.78. The van der Waals surface area contributed by atoms with Gasteiger partial charge in [-0.25, -0.2) is 0 Å². The molecule has 0 aromatic carbocycles. The molecule has 2 aliphatic heterocycles. The number of carbonyl (C=O) groups excluding carboxylic acids is 1. The van der Waals surface area contributed by atoms with Crippen molar-refractivity contribution in [3.05, 3.63) is 0 Å². The maximum atomic E-state index is 13.1. The average molecular weight is 1050 g/mol. The van der Waals surface area contributed by atoms with E-state index in [9.17, 15) is 45.6 Å². The number of hydrogen-bond donors (Lipinski definition) is 9. The number of rotatable bonds is 50. The zero-order valence-electron chi connectivity index (χ0n) is 46.7. The number of hydrogen-bond acceptors (Lipinski definition) is 13. The molecule has 9 N–H and O–H groups in total. The lowest BCUT2D eigenvalue weighted by molar-refractivity contribution is -0.359. The van der Waals surface area contributed by atoms with Crippen LogP contribution in [0.2, 0.25) is 0 Å². The molecule has 0 radical (unpaired) electrons. The minimum absolute atomic E-state index is 0.210. The van der Waals surface area contributed by atoms with Crippen molar-refractivity contribution >= 4 is 5.91 Å². The topological polar surface area (TPSA) is 228 Å². The molecule has 0 aromatic heterocycles. The van der Waals surface area contributed by atoms with Crippen LogP contribution < -0.4 is 5.32 Å². The first-order valence-corrected chi connectivity index (χ1v) is 30.8. The third kappa shape index (κ3) is 31.9. The largest absolute Gasteiger partial charge is 0.394 e. The Kier molecular flexibility index (Phi) is 42.9. The van der Waals surface area contributed by atoms with Gasteiger partial charge in [0.05, 0.1) is 32.0 Å². The molecule has 0 saturated carbocycles. The molecule has 0 bridgehead atoms. The zero-order valence-corrected chi connectivity index (χ0v) is 46.7. The Morgan fingerprint density at radius 2 is 0.781 bits per heavy atom. The van der Waals surface area contributed by atoms with E-state index >= 15 is 0 Å². The van der Waals surface area contributed by atoms with Gasteiger partial charge < -0.3 is 65.1 Å². The van der Waals surface area contributed by atoms with Gasteiger partial charge >= 0.3 is 0 Å². The molecular weight excluding hydrogens is 931 g/mol. The van der Waals surface area contributed by atoms with E-state index in [0.29, 0.717) is 12.8 Å². The summed E-state index contributed by atoms with van der Waals surface area (Å²) in [6.45, 7) is 2.83. The molecule has 12 unspecified atom stereocenters. The quantitative estimate of drug-likeness (QED) is 0.0259. The van der Waals surface area contributed by atoms with Gasteiger partial charge in [-0.1, -0.05) is 258 Å². The van der Waals surface area contributed by atoms with Crippen LogP contribution in [0.25, 0.3) is 0 Å². The molecule has 14 nitrogen and oxygen atoms in total. The van der Waals surface area contributed by atoms with Crippen LogP contribution in [0, 0.1) is 0 Å². The molecule has 2 aliphatic rings. The Labute approximate surface area is 444 Å². The maximum absolute atomic E-state index is 13.1. The molecule has 0 spiro atoms. The van der Waals surface area contributed by atoms with E-state index in [4.69, 9.17) is 18.9 Å². The lowest BCUT2D eigenvalue weighted by Gasteiger charge is -2.46. The van der Waals surface area contributed by atoms with Crippen LogP contribution in [0.5, 0.6) is 0 Å². The van der Waals surface area contributed by atoms with Gasteiger partial charge in [0.1, 0.15) is 48.8 Å². The molecule has 0 aromatic rings. The molecule has 2 rings (SSSR count). The van der Waals surface area contributed by atoms with Gasteiger partial charge in [0.15, 0.2) is 12.6 Å². The molecule has 2 fully saturated rings. The molecule has 14 heteroatoms. The summed E-state index contributed by atoms with van der Waals surface area (Å²) < 4.78 is 22.7. The van der Waals surface area contributed by atoms with Crippen LogP contribution in [0.3, 0.4) is 0 Å². The summed E-state index contributed by atoms with van der Waals surface area (Å²) in [4.78, 5) is 13.1. The predicted molar refractivity (Wildman–Crippen MR) is 291 cm³/mol. The van der Waals surface area contributed by atoms with Crippen molar-refractivity contribution in [2.75, 3.05) is 19.8 Å². The Bertz CT molecular complexity index is 1230. The summed E-state index contributed by atoms with van der Waals surface area (Å²) in [7, 11) is 0. The number of nitrogens with one attached hydrogen (secondary N) is 1. The summed E-state index contributed by atoms with van der Waals surface area (Å²) >= 11 is 0. The number of ether oxygens (including phenoxy) is 4. The third-order valence-corrected chi connectivity index (χ3v) is 15.6. The zero-order chi connectivity index (χ0) is 53.2. The van der Waals surface area contributed by atoms with Gasteiger partial charge in [-0.3, -0.25) is 4.79 Å². The highest BCUT2D eigenvalue weighted by Gasteiger charge is 2.51. The number of aliphatic hydroxyl groups is 8. The molecule has 2 heterocycles. The van der Waals surface area contributed by atoms with E-state index in [2.05, 4.69) is 19.2 Å². The van der Waals surface area contributed by atoms with Gasteiger partial charge in [-0.15, -0.1) is 0 Å². The first kappa shape index (κ1) is 68.1. The summed E-state index contributed by atoms with van der Waals surface area (Å²) in [6.07, 6.45) is 34.6. The Morgan fingerprint density at radius 3 is 1.16 bits per heavy atom. The highest BCUT2D eigenvalue weighted by molar-refractivity contribution is 5.76. The average Bonchev–Trinajstić information content (AvgIpc) is 3.39. The number of amides is 1. The summed E-state index contributed by atoms with van der Waals surface area (Å²) in [5.74, 6) is -0.210. The highest BCUT2D eigenvalue weighted by Crippen LogP contribution is 2.30. The van der Waals surface area contributed by atoms with Gasteiger partial charge in [0, 0.05) is 6.42 Å². The second kappa shape index (κ2) is 46.0. The van der Waals surface area contributed by atoms with Crippen LogP contribution in [-0.2, 0) is 23.7 Å². The minimum Gasteiger partial charge on any atom is -0.394 e. The molecular formula is C59H115NO13. The van der Waals surface area contributed by atoms with Crippen LogP contribution in [0.1, 0.15) is 277 Å². The molecule has 12 atom stereocenters. The molecule has 73 heavy (non-hydrogen) atoms. The van der Waals surface area contributed by atoms with Crippen molar-refractivity contribution in [1.82, 2.24) is 5.32 Å². The van der Waals surface area contributed by atoms with Crippen LogP contribution in [0.15, 0.2) is 0 Å². The van der Waals surface area contributed by atoms with E-state index < -0.39 is 86.8 Å². The van der Waals surface area contributed by atoms with E-state index in [1.807, 2.05) is 0 Å². The summed E-state index contributed by atoms with van der Waals surface area (Å²) in [6, 6.07) is -0.820. The van der Waals surface area contributed by atoms with Crippen LogP contribution in [-0.4, -0.2) is 140 Å². The van der Waals surface area contributed by atoms with Crippen molar-refractivity contribution in [3.8, 4) is 0 Å². The van der Waals surface area contributed by atoms with Crippen molar-refractivity contribution < 1.29 is 64.6 Å². The molecule has 434 valence electrons. The predicted octanol–water partition coefficient (Wildman–Crippen LogP) is 10.5. The highest BCUT2D eigenvalue weighted by atomic mass is 16.7. The normalized spacial score (nSPS) is 25.3. The van der Waals surface area contributed by atoms with Crippen molar-refractivity contribution in [2.45, 2.75) is 351 Å². The fourth-order valence-corrected chi connectivity index (χ4v) is 10.6. The van der Waals surface area contributed by atoms with E-state index in [1.54, 1.807) is 0 Å². The number of unbranched alkanes of at least 4 members (excludes halogenated alkanes) is 37. The van der Waals surface area contributed by atoms with Crippen LogP contribution >= 0.6 is 0 Å². The monoisotopic (exact) mass is 1050 g/mol. The molecule has 1 amide bonds. The molecule has 0 aliphatic carbocycles. The lowest BCUT2D eigenvalue weighted by atomic mass is 9.97. The smallest absolute Gasteiger partial charge is 0.220 e. The summed E-state index contributed by atoms with van der Waals surface area (Å²) in [5.41, 5.74) is 0. The van der Waals surface area contributed by atoms with Crippen molar-refractivity contribution in [3.63, 3.8) is 0 Å². The van der Waals surface area contributed by atoms with E-state index in [1.165, 1.54) is 199 Å². The van der Waals surface area contributed by atoms with Gasteiger partial charge in [0.2, 0.25) is 5.91 Å². The Morgan fingerprint density at radius 1 is 0.438 bits per heavy atom.